The van der Waals surface area contributed by atoms with E-state index in [1.165, 1.54) is 43.2 Å². The van der Waals surface area contributed by atoms with E-state index in [-0.39, 0.29) is 0 Å². The summed E-state index contributed by atoms with van der Waals surface area (Å²) in [6.07, 6.45) is 10.3. The van der Waals surface area contributed by atoms with Gasteiger partial charge < -0.3 is 0 Å². The van der Waals surface area contributed by atoms with Crippen LogP contribution in [0.3, 0.4) is 0 Å². The van der Waals surface area contributed by atoms with Crippen molar-refractivity contribution in [1.29, 1.82) is 0 Å². The van der Waals surface area contributed by atoms with Gasteiger partial charge in [-0.15, -0.1) is 0 Å². The summed E-state index contributed by atoms with van der Waals surface area (Å²) in [4.78, 5) is 4.92. The first kappa shape index (κ1) is 19.7. The zero-order valence-electron chi connectivity index (χ0n) is 17.3. The van der Waals surface area contributed by atoms with Crippen LogP contribution in [0.2, 0.25) is 17.3 Å². The molecule has 1 heterocycles. The SMILES string of the molecule is CC(C)Cc1cc(-c2cccc(C3CCCCC3)c2)nc[c]1[Ge]([CH3])([CH3])[CH3]. The summed E-state index contributed by atoms with van der Waals surface area (Å²) in [6, 6.07) is 11.6. The first-order chi connectivity index (χ1) is 12.3. The van der Waals surface area contributed by atoms with Gasteiger partial charge in [-0.25, -0.2) is 0 Å². The Kier molecular flexibility index (Phi) is 6.27. The van der Waals surface area contributed by atoms with E-state index in [2.05, 4.69) is 67.6 Å². The maximum atomic E-state index is 4.92. The Morgan fingerprint density at radius 1 is 1.04 bits per heavy atom. The van der Waals surface area contributed by atoms with E-state index in [1.54, 1.807) is 9.96 Å². The third-order valence-corrected chi connectivity index (χ3v) is 10.0. The zero-order chi connectivity index (χ0) is 18.7. The van der Waals surface area contributed by atoms with Crippen molar-refractivity contribution in [2.45, 2.75) is 75.6 Å². The number of aromatic nitrogens is 1. The van der Waals surface area contributed by atoms with Crippen molar-refractivity contribution < 1.29 is 0 Å². The third kappa shape index (κ3) is 4.79. The van der Waals surface area contributed by atoms with Gasteiger partial charge in [0.05, 0.1) is 0 Å². The fourth-order valence-corrected chi connectivity index (χ4v) is 7.66. The molecule has 1 nitrogen and oxygen atoms in total. The van der Waals surface area contributed by atoms with Crippen LogP contribution in [0, 0.1) is 5.92 Å². The second-order valence-corrected chi connectivity index (χ2v) is 20.1. The van der Waals surface area contributed by atoms with Crippen molar-refractivity contribution in [2.75, 3.05) is 0 Å². The standard InChI is InChI=1S/C24H35GeN/c1-18(2)14-22-16-24(26-17-23(22)25(3,4)5)21-13-9-12-20(15-21)19-10-7-6-8-11-19/h9,12-13,15-19H,6-8,10-11,14H2,1-5H3. The van der Waals surface area contributed by atoms with Crippen molar-refractivity contribution in [3.05, 3.63) is 47.7 Å². The summed E-state index contributed by atoms with van der Waals surface area (Å²) < 4.78 is 1.57. The Labute approximate surface area is 163 Å². The quantitative estimate of drug-likeness (QED) is 0.510. The molecular formula is C24H35GeN. The van der Waals surface area contributed by atoms with E-state index >= 15 is 0 Å². The molecule has 1 aliphatic carbocycles. The van der Waals surface area contributed by atoms with Crippen molar-refractivity contribution in [3.8, 4) is 11.3 Å². The molecule has 0 N–H and O–H groups in total. The third-order valence-electron chi connectivity index (χ3n) is 5.68. The van der Waals surface area contributed by atoms with Crippen LogP contribution in [0.1, 0.15) is 63.0 Å². The van der Waals surface area contributed by atoms with E-state index < -0.39 is 13.3 Å². The fraction of sp³-hybridized carbons (Fsp3) is 0.542. The molecule has 1 aromatic carbocycles. The summed E-state index contributed by atoms with van der Waals surface area (Å²) in [5, 5.41) is 0. The maximum absolute atomic E-state index is 4.92. The van der Waals surface area contributed by atoms with Crippen molar-refractivity contribution in [1.82, 2.24) is 4.98 Å². The van der Waals surface area contributed by atoms with Gasteiger partial charge in [0.25, 0.3) is 0 Å². The fourth-order valence-electron chi connectivity index (χ4n) is 4.33. The summed E-state index contributed by atoms with van der Waals surface area (Å²) in [5.41, 5.74) is 5.52. The van der Waals surface area contributed by atoms with E-state index in [0.29, 0.717) is 5.92 Å². The number of nitrogens with zero attached hydrogens (tertiary/aromatic N) is 1. The Bertz CT molecular complexity index is 736. The van der Waals surface area contributed by atoms with Crippen LogP contribution in [0.4, 0.5) is 0 Å². The normalized spacial score (nSPS) is 16.2. The van der Waals surface area contributed by atoms with E-state index in [9.17, 15) is 0 Å². The van der Waals surface area contributed by atoms with Gasteiger partial charge in [-0.05, 0) is 0 Å². The molecule has 0 atom stereocenters. The topological polar surface area (TPSA) is 12.9 Å². The predicted octanol–water partition coefficient (Wildman–Crippen LogP) is 6.54. The first-order valence-corrected chi connectivity index (χ1v) is 17.8. The number of benzene rings is 1. The monoisotopic (exact) mass is 411 g/mol. The predicted molar refractivity (Wildman–Crippen MR) is 117 cm³/mol. The van der Waals surface area contributed by atoms with Crippen molar-refractivity contribution in [3.63, 3.8) is 0 Å². The molecule has 1 aliphatic rings. The van der Waals surface area contributed by atoms with Gasteiger partial charge >= 0.3 is 163 Å². The molecule has 2 heteroatoms. The van der Waals surface area contributed by atoms with Crippen LogP contribution < -0.4 is 4.40 Å². The summed E-state index contributed by atoms with van der Waals surface area (Å²) >= 11 is -1.90. The van der Waals surface area contributed by atoms with E-state index in [4.69, 9.17) is 4.98 Å². The van der Waals surface area contributed by atoms with Crippen LogP contribution in [-0.2, 0) is 6.42 Å². The Hall–Kier alpha value is -1.09. The first-order valence-electron chi connectivity index (χ1n) is 10.4. The van der Waals surface area contributed by atoms with E-state index in [0.717, 1.165) is 18.0 Å². The van der Waals surface area contributed by atoms with Crippen LogP contribution in [0.15, 0.2) is 36.5 Å². The minimum absolute atomic E-state index is 0.683. The molecule has 0 radical (unpaired) electrons. The molecule has 0 saturated heterocycles. The molecule has 1 fully saturated rings. The second-order valence-electron chi connectivity index (χ2n) is 9.54. The minimum atomic E-state index is -1.90. The number of pyridine rings is 1. The van der Waals surface area contributed by atoms with Gasteiger partial charge in [-0.3, -0.25) is 0 Å². The van der Waals surface area contributed by atoms with Gasteiger partial charge in [0.2, 0.25) is 0 Å². The van der Waals surface area contributed by atoms with Crippen LogP contribution in [-0.4, -0.2) is 18.3 Å². The molecule has 2 aromatic rings. The van der Waals surface area contributed by atoms with Crippen LogP contribution in [0.5, 0.6) is 0 Å². The average molecular weight is 410 g/mol. The zero-order valence-corrected chi connectivity index (χ0v) is 19.4. The summed E-state index contributed by atoms with van der Waals surface area (Å²) in [5.74, 6) is 8.86. The van der Waals surface area contributed by atoms with Gasteiger partial charge in [0.1, 0.15) is 0 Å². The van der Waals surface area contributed by atoms with Gasteiger partial charge in [-0.1, -0.05) is 0 Å². The Balaban J connectivity index is 1.96. The molecule has 0 amide bonds. The molecule has 0 aliphatic heterocycles. The number of rotatable bonds is 5. The Morgan fingerprint density at radius 3 is 2.42 bits per heavy atom. The summed E-state index contributed by atoms with van der Waals surface area (Å²) in [7, 11) is 0. The van der Waals surface area contributed by atoms with Gasteiger partial charge in [0.15, 0.2) is 0 Å². The van der Waals surface area contributed by atoms with Crippen molar-refractivity contribution >= 4 is 17.7 Å². The molecule has 3 rings (SSSR count). The van der Waals surface area contributed by atoms with E-state index in [1.807, 2.05) is 0 Å². The molecule has 140 valence electrons. The molecule has 0 spiro atoms. The number of hydrogen-bond acceptors (Lipinski definition) is 1. The molecule has 0 bridgehead atoms. The molecule has 0 unspecified atom stereocenters. The molecule has 1 saturated carbocycles. The Morgan fingerprint density at radius 2 is 1.77 bits per heavy atom. The second kappa shape index (κ2) is 8.29. The van der Waals surface area contributed by atoms with Gasteiger partial charge in [-0.2, -0.15) is 0 Å². The average Bonchev–Trinajstić information content (AvgIpc) is 2.61. The molecule has 26 heavy (non-hydrogen) atoms. The van der Waals surface area contributed by atoms with Crippen LogP contribution >= 0.6 is 0 Å². The van der Waals surface area contributed by atoms with Crippen LogP contribution in [0.25, 0.3) is 11.3 Å². The van der Waals surface area contributed by atoms with Crippen molar-refractivity contribution in [2.24, 2.45) is 5.92 Å². The molecular weight excluding hydrogens is 375 g/mol. The molecule has 1 aromatic heterocycles. The summed E-state index contributed by atoms with van der Waals surface area (Å²) in [6.45, 7) is 4.65. The number of hydrogen-bond donors (Lipinski definition) is 0. The van der Waals surface area contributed by atoms with Gasteiger partial charge in [0, 0.05) is 0 Å².